The van der Waals surface area contributed by atoms with Gasteiger partial charge in [-0.2, -0.15) is 0 Å². The van der Waals surface area contributed by atoms with Gasteiger partial charge in [-0.05, 0) is 12.5 Å². The molecule has 69 valence electrons. The summed E-state index contributed by atoms with van der Waals surface area (Å²) in [5.41, 5.74) is 0.988. The first-order valence-electron chi connectivity index (χ1n) is 4.20. The highest BCUT2D eigenvalue weighted by molar-refractivity contribution is 6.30. The predicted octanol–water partition coefficient (Wildman–Crippen LogP) is 2.68. The van der Waals surface area contributed by atoms with Crippen LogP contribution in [-0.2, 0) is 0 Å². The molecule has 0 aliphatic carbocycles. The maximum Gasteiger partial charge on any atom is 0.164 e. The lowest BCUT2D eigenvalue weighted by molar-refractivity contribution is 0.170. The normalized spacial score (nSPS) is 14.3. The van der Waals surface area contributed by atoms with E-state index in [2.05, 4.69) is 0 Å². The van der Waals surface area contributed by atoms with E-state index in [1.165, 1.54) is 0 Å². The van der Waals surface area contributed by atoms with Crippen LogP contribution in [-0.4, -0.2) is 13.2 Å². The van der Waals surface area contributed by atoms with Crippen LogP contribution in [0.5, 0.6) is 11.5 Å². The summed E-state index contributed by atoms with van der Waals surface area (Å²) in [7, 11) is 0. The summed E-state index contributed by atoms with van der Waals surface area (Å²) in [5, 5.41) is 0.678. The van der Waals surface area contributed by atoms with Gasteiger partial charge in [0.25, 0.3) is 0 Å². The Hall–Kier alpha value is -0.890. The molecule has 0 unspecified atom stereocenters. The number of benzene rings is 1. The van der Waals surface area contributed by atoms with Crippen LogP contribution in [0, 0.1) is 6.42 Å². The third-order valence-electron chi connectivity index (χ3n) is 1.95. The standard InChI is InChI=1S/C10H10ClO2/c1-2-7-5-8(11)6-9-10(7)13-4-3-12-9/h2,5-6H,3-4H2,1H3. The second-order valence-electron chi connectivity index (χ2n) is 2.81. The molecule has 0 bridgehead atoms. The number of hydrogen-bond acceptors (Lipinski definition) is 2. The fourth-order valence-corrected chi connectivity index (χ4v) is 1.58. The lowest BCUT2D eigenvalue weighted by atomic mass is 10.1. The van der Waals surface area contributed by atoms with Crippen molar-refractivity contribution in [1.29, 1.82) is 0 Å². The minimum atomic E-state index is 0.594. The van der Waals surface area contributed by atoms with Crippen LogP contribution < -0.4 is 9.47 Å². The number of halogens is 1. The van der Waals surface area contributed by atoms with Gasteiger partial charge in [0.1, 0.15) is 13.2 Å². The molecule has 1 radical (unpaired) electrons. The summed E-state index contributed by atoms with van der Waals surface area (Å²) in [6.45, 7) is 3.15. The maximum absolute atomic E-state index is 5.91. The van der Waals surface area contributed by atoms with Crippen molar-refractivity contribution in [2.45, 2.75) is 6.92 Å². The van der Waals surface area contributed by atoms with Crippen molar-refractivity contribution in [3.05, 3.63) is 29.1 Å². The Labute approximate surface area is 82.4 Å². The predicted molar refractivity (Wildman–Crippen MR) is 51.5 cm³/mol. The Morgan fingerprint density at radius 2 is 2.08 bits per heavy atom. The van der Waals surface area contributed by atoms with Gasteiger partial charge in [-0.25, -0.2) is 0 Å². The molecule has 0 saturated carbocycles. The summed E-state index contributed by atoms with van der Waals surface area (Å²) in [4.78, 5) is 0. The number of fused-ring (bicyclic) bond motifs is 1. The highest BCUT2D eigenvalue weighted by atomic mass is 35.5. The van der Waals surface area contributed by atoms with Crippen LogP contribution in [0.4, 0.5) is 0 Å². The Bertz CT molecular complexity index is 306. The Morgan fingerprint density at radius 3 is 2.85 bits per heavy atom. The molecule has 2 rings (SSSR count). The van der Waals surface area contributed by atoms with Crippen LogP contribution in [0.1, 0.15) is 12.5 Å². The third-order valence-corrected chi connectivity index (χ3v) is 2.16. The zero-order valence-corrected chi connectivity index (χ0v) is 8.10. The molecule has 1 aliphatic heterocycles. The Kier molecular flexibility index (Phi) is 2.32. The summed E-state index contributed by atoms with van der Waals surface area (Å²) >= 11 is 5.91. The molecule has 0 atom stereocenters. The molecule has 3 heteroatoms. The highest BCUT2D eigenvalue weighted by Crippen LogP contribution is 2.37. The van der Waals surface area contributed by atoms with E-state index in [1.54, 1.807) is 6.07 Å². The first-order chi connectivity index (χ1) is 6.31. The van der Waals surface area contributed by atoms with Gasteiger partial charge < -0.3 is 9.47 Å². The topological polar surface area (TPSA) is 18.5 Å². The molecule has 2 nitrogen and oxygen atoms in total. The molecule has 0 saturated heterocycles. The van der Waals surface area contributed by atoms with Gasteiger partial charge >= 0.3 is 0 Å². The fraction of sp³-hybridized carbons (Fsp3) is 0.300. The van der Waals surface area contributed by atoms with E-state index >= 15 is 0 Å². The SMILES string of the molecule is C[CH]c1cc(Cl)cc2c1OCCO2. The Morgan fingerprint density at radius 1 is 1.31 bits per heavy atom. The largest absolute Gasteiger partial charge is 0.486 e. The van der Waals surface area contributed by atoms with Crippen LogP contribution in [0.2, 0.25) is 5.02 Å². The lowest BCUT2D eigenvalue weighted by Crippen LogP contribution is -2.16. The van der Waals surface area contributed by atoms with Crippen LogP contribution >= 0.6 is 11.6 Å². The Balaban J connectivity index is 2.50. The number of rotatable bonds is 1. The zero-order valence-electron chi connectivity index (χ0n) is 7.34. The van der Waals surface area contributed by atoms with Crippen molar-refractivity contribution in [1.82, 2.24) is 0 Å². The van der Waals surface area contributed by atoms with Gasteiger partial charge in [-0.1, -0.05) is 18.5 Å². The second-order valence-corrected chi connectivity index (χ2v) is 3.24. The van der Waals surface area contributed by atoms with E-state index in [9.17, 15) is 0 Å². The molecule has 1 heterocycles. The van der Waals surface area contributed by atoms with Gasteiger partial charge in [-0.15, -0.1) is 0 Å². The van der Waals surface area contributed by atoms with Crippen LogP contribution in [0.3, 0.4) is 0 Å². The van der Waals surface area contributed by atoms with E-state index in [0.717, 1.165) is 17.1 Å². The quantitative estimate of drug-likeness (QED) is 0.689. The monoisotopic (exact) mass is 197 g/mol. The first-order valence-corrected chi connectivity index (χ1v) is 4.57. The van der Waals surface area contributed by atoms with Gasteiger partial charge in [0, 0.05) is 16.7 Å². The summed E-state index contributed by atoms with van der Waals surface area (Å²) in [6.07, 6.45) is 1.96. The zero-order chi connectivity index (χ0) is 9.26. The minimum Gasteiger partial charge on any atom is -0.486 e. The summed E-state index contributed by atoms with van der Waals surface area (Å²) in [6, 6.07) is 3.65. The summed E-state index contributed by atoms with van der Waals surface area (Å²) < 4.78 is 10.9. The molecule has 1 aromatic carbocycles. The van der Waals surface area contributed by atoms with E-state index in [4.69, 9.17) is 21.1 Å². The molecule has 0 N–H and O–H groups in total. The van der Waals surface area contributed by atoms with Gasteiger partial charge in [0.05, 0.1) is 0 Å². The van der Waals surface area contributed by atoms with E-state index in [1.807, 2.05) is 19.4 Å². The highest BCUT2D eigenvalue weighted by Gasteiger charge is 2.15. The molecule has 0 aromatic heterocycles. The smallest absolute Gasteiger partial charge is 0.164 e. The average Bonchev–Trinajstić information content (AvgIpc) is 2.16. The molecular formula is C10H10ClO2. The molecular weight excluding hydrogens is 188 g/mol. The van der Waals surface area contributed by atoms with Crippen LogP contribution in [0.15, 0.2) is 12.1 Å². The van der Waals surface area contributed by atoms with E-state index in [-0.39, 0.29) is 0 Å². The van der Waals surface area contributed by atoms with E-state index < -0.39 is 0 Å². The van der Waals surface area contributed by atoms with Gasteiger partial charge in [0.2, 0.25) is 0 Å². The molecule has 1 aromatic rings. The third kappa shape index (κ3) is 1.59. The molecule has 1 aliphatic rings. The van der Waals surface area contributed by atoms with Crippen molar-refractivity contribution in [2.75, 3.05) is 13.2 Å². The number of ether oxygens (including phenoxy) is 2. The molecule has 0 amide bonds. The van der Waals surface area contributed by atoms with E-state index in [0.29, 0.717) is 18.2 Å². The fourth-order valence-electron chi connectivity index (χ4n) is 1.36. The van der Waals surface area contributed by atoms with Crippen LogP contribution in [0.25, 0.3) is 0 Å². The molecule has 0 fully saturated rings. The second kappa shape index (κ2) is 3.46. The first kappa shape index (κ1) is 8.70. The van der Waals surface area contributed by atoms with Crippen molar-refractivity contribution < 1.29 is 9.47 Å². The molecule has 13 heavy (non-hydrogen) atoms. The number of hydrogen-bond donors (Lipinski definition) is 0. The summed E-state index contributed by atoms with van der Waals surface area (Å²) in [5.74, 6) is 1.55. The van der Waals surface area contributed by atoms with Crippen molar-refractivity contribution in [3.8, 4) is 11.5 Å². The van der Waals surface area contributed by atoms with Gasteiger partial charge in [0.15, 0.2) is 11.5 Å². The molecule has 0 spiro atoms. The van der Waals surface area contributed by atoms with Crippen molar-refractivity contribution in [2.24, 2.45) is 0 Å². The van der Waals surface area contributed by atoms with Crippen molar-refractivity contribution >= 4 is 11.6 Å². The van der Waals surface area contributed by atoms with Gasteiger partial charge in [-0.3, -0.25) is 0 Å². The minimum absolute atomic E-state index is 0.594. The maximum atomic E-state index is 5.91. The lowest BCUT2D eigenvalue weighted by Gasteiger charge is -2.20. The average molecular weight is 198 g/mol. The van der Waals surface area contributed by atoms with Crippen molar-refractivity contribution in [3.63, 3.8) is 0 Å².